The monoisotopic (exact) mass is 541 g/mol. The highest BCUT2D eigenvalue weighted by Crippen LogP contribution is 2.39. The summed E-state index contributed by atoms with van der Waals surface area (Å²) in [5.41, 5.74) is 2.53. The number of halogens is 2. The van der Waals surface area contributed by atoms with Crippen molar-refractivity contribution in [1.82, 2.24) is 0 Å². The van der Waals surface area contributed by atoms with Crippen LogP contribution in [0.5, 0.6) is 23.0 Å². The van der Waals surface area contributed by atoms with Gasteiger partial charge in [-0.1, -0.05) is 24.3 Å². The van der Waals surface area contributed by atoms with Crippen LogP contribution in [-0.4, -0.2) is 40.4 Å². The van der Waals surface area contributed by atoms with Crippen molar-refractivity contribution in [3.05, 3.63) is 75.5 Å². The molecule has 0 heterocycles. The zero-order chi connectivity index (χ0) is 25.4. The first kappa shape index (κ1) is 26.0. The SMILES string of the molecule is COc1cc(/C=C\c2cc(Br)c(OC)c(N=CCC(=O)c3cccc(F)c3)c2)cc(OC)c1OC. The molecule has 0 fully saturated rings. The summed E-state index contributed by atoms with van der Waals surface area (Å²) in [5, 5.41) is 0. The first-order valence-electron chi connectivity index (χ1n) is 10.6. The summed E-state index contributed by atoms with van der Waals surface area (Å²) >= 11 is 3.52. The van der Waals surface area contributed by atoms with Crippen LogP contribution in [0, 0.1) is 5.82 Å². The topological polar surface area (TPSA) is 66.4 Å². The van der Waals surface area contributed by atoms with Gasteiger partial charge in [-0.3, -0.25) is 9.79 Å². The Morgan fingerprint density at radius 3 is 2.09 bits per heavy atom. The maximum Gasteiger partial charge on any atom is 0.203 e. The molecule has 8 heteroatoms. The predicted molar refractivity (Wildman–Crippen MR) is 139 cm³/mol. The molecule has 0 N–H and O–H groups in total. The highest BCUT2D eigenvalue weighted by molar-refractivity contribution is 9.10. The minimum atomic E-state index is -0.454. The van der Waals surface area contributed by atoms with Gasteiger partial charge in [0.2, 0.25) is 5.75 Å². The molecule has 3 aromatic rings. The lowest BCUT2D eigenvalue weighted by molar-refractivity contribution is 0.100. The largest absolute Gasteiger partial charge is 0.493 e. The second-order valence-electron chi connectivity index (χ2n) is 7.30. The lowest BCUT2D eigenvalue weighted by atomic mass is 10.1. The van der Waals surface area contributed by atoms with E-state index >= 15 is 0 Å². The fourth-order valence-electron chi connectivity index (χ4n) is 3.39. The summed E-state index contributed by atoms with van der Waals surface area (Å²) in [6.07, 6.45) is 5.32. The standard InChI is InChI=1S/C27H25BrFNO5/c1-32-24-14-18(15-25(33-2)27(24)35-4)9-8-17-12-21(28)26(34-3)22(13-17)30-11-10-23(31)19-6-5-7-20(29)16-19/h5-9,11-16H,10H2,1-4H3/b9-8-,30-11?. The zero-order valence-corrected chi connectivity index (χ0v) is 21.4. The van der Waals surface area contributed by atoms with Crippen LogP contribution in [0.15, 0.2) is 58.0 Å². The van der Waals surface area contributed by atoms with E-state index in [2.05, 4.69) is 20.9 Å². The molecular formula is C27H25BrFNO5. The maximum atomic E-state index is 13.4. The second-order valence-corrected chi connectivity index (χ2v) is 8.15. The van der Waals surface area contributed by atoms with Gasteiger partial charge in [0, 0.05) is 18.2 Å². The van der Waals surface area contributed by atoms with Crippen LogP contribution < -0.4 is 18.9 Å². The minimum Gasteiger partial charge on any atom is -0.493 e. The van der Waals surface area contributed by atoms with Crippen molar-refractivity contribution in [3.8, 4) is 23.0 Å². The number of carbonyl (C=O) groups is 1. The molecule has 6 nitrogen and oxygen atoms in total. The molecule has 0 atom stereocenters. The lowest BCUT2D eigenvalue weighted by Gasteiger charge is -2.13. The van der Waals surface area contributed by atoms with Crippen molar-refractivity contribution in [2.75, 3.05) is 28.4 Å². The Balaban J connectivity index is 1.86. The van der Waals surface area contributed by atoms with Gasteiger partial charge in [0.15, 0.2) is 23.0 Å². The first-order valence-corrected chi connectivity index (χ1v) is 11.4. The number of carbonyl (C=O) groups excluding carboxylic acids is 1. The van der Waals surface area contributed by atoms with Gasteiger partial charge in [-0.15, -0.1) is 0 Å². The normalized spacial score (nSPS) is 11.1. The van der Waals surface area contributed by atoms with Crippen LogP contribution in [0.4, 0.5) is 10.1 Å². The zero-order valence-electron chi connectivity index (χ0n) is 19.8. The number of aliphatic imine (C=N–C) groups is 1. The highest BCUT2D eigenvalue weighted by Gasteiger charge is 2.13. The van der Waals surface area contributed by atoms with Gasteiger partial charge in [0.1, 0.15) is 11.5 Å². The van der Waals surface area contributed by atoms with Crippen molar-refractivity contribution in [2.24, 2.45) is 4.99 Å². The molecule has 0 aromatic heterocycles. The van der Waals surface area contributed by atoms with E-state index in [1.54, 1.807) is 34.5 Å². The molecule has 3 rings (SSSR count). The number of ketones is 1. The van der Waals surface area contributed by atoms with Crippen molar-refractivity contribution in [2.45, 2.75) is 6.42 Å². The van der Waals surface area contributed by atoms with Gasteiger partial charge < -0.3 is 18.9 Å². The fourth-order valence-corrected chi connectivity index (χ4v) is 4.02. The quantitative estimate of drug-likeness (QED) is 0.161. The van der Waals surface area contributed by atoms with Crippen LogP contribution in [0.25, 0.3) is 12.2 Å². The molecule has 3 aromatic carbocycles. The van der Waals surface area contributed by atoms with Gasteiger partial charge in [0.25, 0.3) is 0 Å². The van der Waals surface area contributed by atoms with Crippen molar-refractivity contribution >= 4 is 45.8 Å². The molecule has 0 unspecified atom stereocenters. The van der Waals surface area contributed by atoms with Crippen molar-refractivity contribution in [1.29, 1.82) is 0 Å². The fraction of sp³-hybridized carbons (Fsp3) is 0.185. The summed E-state index contributed by atoms with van der Waals surface area (Å²) in [7, 11) is 6.23. The van der Waals surface area contributed by atoms with E-state index < -0.39 is 5.82 Å². The molecule has 0 spiro atoms. The Labute approximate surface area is 212 Å². The highest BCUT2D eigenvalue weighted by atomic mass is 79.9. The van der Waals surface area contributed by atoms with Crippen LogP contribution >= 0.6 is 15.9 Å². The number of hydrogen-bond donors (Lipinski definition) is 0. The number of hydrogen-bond acceptors (Lipinski definition) is 6. The van der Waals surface area contributed by atoms with E-state index in [9.17, 15) is 9.18 Å². The third-order valence-corrected chi connectivity index (χ3v) is 5.65. The summed E-state index contributed by atoms with van der Waals surface area (Å²) in [6, 6.07) is 13.0. The molecule has 0 aliphatic carbocycles. The van der Waals surface area contributed by atoms with Gasteiger partial charge >= 0.3 is 0 Å². The van der Waals surface area contributed by atoms with Gasteiger partial charge in [0.05, 0.1) is 32.9 Å². The van der Waals surface area contributed by atoms with E-state index in [4.69, 9.17) is 18.9 Å². The minimum absolute atomic E-state index is 0.0235. The Morgan fingerprint density at radius 2 is 1.51 bits per heavy atom. The predicted octanol–water partition coefficient (Wildman–Crippen LogP) is 6.77. The number of ether oxygens (including phenoxy) is 4. The Morgan fingerprint density at radius 1 is 0.886 bits per heavy atom. The van der Waals surface area contributed by atoms with Gasteiger partial charge in [-0.25, -0.2) is 4.39 Å². The maximum absolute atomic E-state index is 13.4. The van der Waals surface area contributed by atoms with E-state index in [0.29, 0.717) is 38.7 Å². The van der Waals surface area contributed by atoms with E-state index in [1.165, 1.54) is 24.4 Å². The van der Waals surface area contributed by atoms with Crippen molar-refractivity contribution in [3.63, 3.8) is 0 Å². The number of Topliss-reactive ketones (excluding diaryl/α,β-unsaturated/α-hetero) is 1. The Kier molecular flexibility index (Phi) is 9.03. The molecule has 0 amide bonds. The van der Waals surface area contributed by atoms with Crippen LogP contribution in [0.2, 0.25) is 0 Å². The van der Waals surface area contributed by atoms with E-state index in [1.807, 2.05) is 36.4 Å². The third kappa shape index (κ3) is 6.48. The molecular weight excluding hydrogens is 517 g/mol. The lowest BCUT2D eigenvalue weighted by Crippen LogP contribution is -1.99. The van der Waals surface area contributed by atoms with Crippen LogP contribution in [0.3, 0.4) is 0 Å². The molecule has 0 saturated heterocycles. The summed E-state index contributed by atoms with van der Waals surface area (Å²) in [5.74, 6) is 1.47. The molecule has 0 aliphatic rings. The molecule has 0 aliphatic heterocycles. The first-order chi connectivity index (χ1) is 16.9. The molecule has 35 heavy (non-hydrogen) atoms. The summed E-state index contributed by atoms with van der Waals surface area (Å²) in [6.45, 7) is 0. The average molecular weight is 542 g/mol. The smallest absolute Gasteiger partial charge is 0.203 e. The number of methoxy groups -OCH3 is 4. The van der Waals surface area contributed by atoms with Gasteiger partial charge in [-0.05, 0) is 63.5 Å². The van der Waals surface area contributed by atoms with E-state index in [0.717, 1.165) is 11.1 Å². The number of benzene rings is 3. The Hall–Kier alpha value is -3.65. The summed E-state index contributed by atoms with van der Waals surface area (Å²) < 4.78 is 35.8. The van der Waals surface area contributed by atoms with Crippen molar-refractivity contribution < 1.29 is 28.1 Å². The number of nitrogens with zero attached hydrogens (tertiary/aromatic N) is 1. The average Bonchev–Trinajstić information content (AvgIpc) is 2.86. The molecule has 182 valence electrons. The molecule has 0 bridgehead atoms. The van der Waals surface area contributed by atoms with E-state index in [-0.39, 0.29) is 12.2 Å². The van der Waals surface area contributed by atoms with Gasteiger partial charge in [-0.2, -0.15) is 0 Å². The molecule has 0 radical (unpaired) electrons. The third-order valence-electron chi connectivity index (χ3n) is 5.06. The summed E-state index contributed by atoms with van der Waals surface area (Å²) in [4.78, 5) is 16.8. The number of rotatable bonds is 10. The second kappa shape index (κ2) is 12.2. The van der Waals surface area contributed by atoms with Crippen LogP contribution in [-0.2, 0) is 0 Å². The van der Waals surface area contributed by atoms with Crippen LogP contribution in [0.1, 0.15) is 27.9 Å². The molecule has 0 saturated carbocycles. The Bertz CT molecular complexity index is 1250.